The van der Waals surface area contributed by atoms with E-state index >= 15 is 0 Å². The second-order valence-electron chi connectivity index (χ2n) is 5.86. The summed E-state index contributed by atoms with van der Waals surface area (Å²) in [5, 5.41) is 14.3. The topological polar surface area (TPSA) is 98.8 Å². The molecule has 2 heterocycles. The number of nitro groups is 1. The van der Waals surface area contributed by atoms with Crippen molar-refractivity contribution in [3.8, 4) is 11.5 Å². The van der Waals surface area contributed by atoms with E-state index in [2.05, 4.69) is 10.3 Å². The Hall–Kier alpha value is -4.20. The third kappa shape index (κ3) is 3.38. The highest BCUT2D eigenvalue weighted by atomic mass is 16.6. The monoisotopic (exact) mass is 374 g/mol. The molecule has 1 N–H and O–H groups in total. The van der Waals surface area contributed by atoms with Gasteiger partial charge in [0.05, 0.1) is 4.92 Å². The molecule has 0 aliphatic rings. The van der Waals surface area contributed by atoms with Crippen LogP contribution in [0.4, 0.5) is 17.2 Å². The van der Waals surface area contributed by atoms with Crippen molar-refractivity contribution in [2.24, 2.45) is 0 Å². The van der Waals surface area contributed by atoms with Crippen molar-refractivity contribution < 1.29 is 9.66 Å². The van der Waals surface area contributed by atoms with E-state index in [0.29, 0.717) is 22.8 Å². The van der Waals surface area contributed by atoms with Gasteiger partial charge in [-0.1, -0.05) is 24.3 Å². The highest BCUT2D eigenvalue weighted by Crippen LogP contribution is 2.26. The summed E-state index contributed by atoms with van der Waals surface area (Å²) in [7, 11) is 0. The Morgan fingerprint density at radius 1 is 0.929 bits per heavy atom. The molecule has 2 aromatic heterocycles. The van der Waals surface area contributed by atoms with Crippen LogP contribution in [0.3, 0.4) is 0 Å². The summed E-state index contributed by atoms with van der Waals surface area (Å²) < 4.78 is 6.86. The number of pyridine rings is 1. The molecule has 0 fully saturated rings. The average molecular weight is 374 g/mol. The van der Waals surface area contributed by atoms with Crippen LogP contribution in [-0.4, -0.2) is 14.3 Å². The highest BCUT2D eigenvalue weighted by molar-refractivity contribution is 5.67. The first-order valence-electron chi connectivity index (χ1n) is 8.37. The zero-order valence-corrected chi connectivity index (χ0v) is 14.5. The van der Waals surface area contributed by atoms with Crippen LogP contribution in [-0.2, 0) is 0 Å². The fourth-order valence-electron chi connectivity index (χ4n) is 2.70. The van der Waals surface area contributed by atoms with Gasteiger partial charge in [-0.15, -0.1) is 0 Å². The lowest BCUT2D eigenvalue weighted by Gasteiger charge is -2.09. The number of hydrogen-bond donors (Lipinski definition) is 1. The Morgan fingerprint density at radius 3 is 2.32 bits per heavy atom. The number of rotatable bonds is 5. The molecule has 4 aromatic rings. The van der Waals surface area contributed by atoms with Gasteiger partial charge in [-0.3, -0.25) is 19.3 Å². The predicted octanol–water partition coefficient (Wildman–Crippen LogP) is 4.14. The first kappa shape index (κ1) is 17.2. The Morgan fingerprint density at radius 2 is 1.61 bits per heavy atom. The van der Waals surface area contributed by atoms with Crippen molar-refractivity contribution >= 4 is 22.8 Å². The standard InChI is InChI=1S/C20H14N4O4/c25-20-18(24(26)27)19(22-17-8-4-5-13-23(17)20)21-14-9-11-16(12-10-14)28-15-6-2-1-3-7-15/h1-13,21H. The fourth-order valence-corrected chi connectivity index (χ4v) is 2.70. The van der Waals surface area contributed by atoms with Crippen LogP contribution in [0.1, 0.15) is 0 Å². The third-order valence-electron chi connectivity index (χ3n) is 3.99. The molecule has 0 atom stereocenters. The van der Waals surface area contributed by atoms with Crippen molar-refractivity contribution in [3.05, 3.63) is 99.5 Å². The number of anilines is 2. The van der Waals surface area contributed by atoms with Gasteiger partial charge >= 0.3 is 11.2 Å². The van der Waals surface area contributed by atoms with Crippen LogP contribution >= 0.6 is 0 Å². The number of nitrogens with zero attached hydrogens (tertiary/aromatic N) is 3. The van der Waals surface area contributed by atoms with E-state index in [9.17, 15) is 14.9 Å². The SMILES string of the molecule is O=c1c([N+](=O)[O-])c(Nc2ccc(Oc3ccccc3)cc2)nc2ccccn12. The lowest BCUT2D eigenvalue weighted by atomic mass is 10.3. The zero-order valence-electron chi connectivity index (χ0n) is 14.5. The van der Waals surface area contributed by atoms with Gasteiger partial charge in [0.1, 0.15) is 17.1 Å². The summed E-state index contributed by atoms with van der Waals surface area (Å²) >= 11 is 0. The van der Waals surface area contributed by atoms with Crippen molar-refractivity contribution in [2.45, 2.75) is 0 Å². The largest absolute Gasteiger partial charge is 0.457 e. The molecular weight excluding hydrogens is 360 g/mol. The minimum Gasteiger partial charge on any atom is -0.457 e. The highest BCUT2D eigenvalue weighted by Gasteiger charge is 2.23. The minimum atomic E-state index is -0.748. The molecule has 0 amide bonds. The van der Waals surface area contributed by atoms with Gasteiger partial charge in [0.2, 0.25) is 5.82 Å². The maximum absolute atomic E-state index is 12.5. The Labute approximate surface area is 158 Å². The summed E-state index contributed by atoms with van der Waals surface area (Å²) in [5.41, 5.74) is -0.518. The molecule has 0 aliphatic carbocycles. The Bertz CT molecular complexity index is 1200. The summed E-state index contributed by atoms with van der Waals surface area (Å²) in [6.45, 7) is 0. The van der Waals surface area contributed by atoms with Crippen molar-refractivity contribution in [1.82, 2.24) is 9.38 Å². The molecule has 2 aromatic carbocycles. The zero-order chi connectivity index (χ0) is 19.5. The van der Waals surface area contributed by atoms with E-state index in [4.69, 9.17) is 4.74 Å². The van der Waals surface area contributed by atoms with Gasteiger partial charge in [0.15, 0.2) is 0 Å². The fraction of sp³-hybridized carbons (Fsp3) is 0. The summed E-state index contributed by atoms with van der Waals surface area (Å²) in [6.07, 6.45) is 1.44. The first-order chi connectivity index (χ1) is 13.6. The predicted molar refractivity (Wildman–Crippen MR) is 104 cm³/mol. The summed E-state index contributed by atoms with van der Waals surface area (Å²) in [5.74, 6) is 1.19. The normalized spacial score (nSPS) is 10.6. The average Bonchev–Trinajstić information content (AvgIpc) is 2.70. The number of benzene rings is 2. The van der Waals surface area contributed by atoms with E-state index in [1.165, 1.54) is 6.20 Å². The number of ether oxygens (including phenoxy) is 1. The van der Waals surface area contributed by atoms with Crippen LogP contribution in [0.2, 0.25) is 0 Å². The molecule has 0 saturated heterocycles. The number of fused-ring (bicyclic) bond motifs is 1. The van der Waals surface area contributed by atoms with E-state index in [0.717, 1.165) is 4.40 Å². The second-order valence-corrected chi connectivity index (χ2v) is 5.86. The molecule has 0 bridgehead atoms. The molecule has 0 aliphatic heterocycles. The van der Waals surface area contributed by atoms with Gasteiger partial charge in [0, 0.05) is 11.9 Å². The van der Waals surface area contributed by atoms with Crippen LogP contribution in [0, 0.1) is 10.1 Å². The van der Waals surface area contributed by atoms with Gasteiger partial charge in [-0.2, -0.15) is 0 Å². The Kier molecular flexibility index (Phi) is 4.43. The molecular formula is C20H14N4O4. The van der Waals surface area contributed by atoms with Gasteiger partial charge in [-0.05, 0) is 48.5 Å². The molecule has 138 valence electrons. The Balaban J connectivity index is 1.65. The van der Waals surface area contributed by atoms with E-state index in [1.807, 2.05) is 30.3 Å². The molecule has 4 rings (SSSR count). The smallest absolute Gasteiger partial charge is 0.376 e. The van der Waals surface area contributed by atoms with E-state index in [1.54, 1.807) is 42.5 Å². The maximum atomic E-state index is 12.5. The molecule has 8 nitrogen and oxygen atoms in total. The van der Waals surface area contributed by atoms with Crippen LogP contribution < -0.4 is 15.6 Å². The van der Waals surface area contributed by atoms with Crippen molar-refractivity contribution in [1.29, 1.82) is 0 Å². The molecule has 8 heteroatoms. The van der Waals surface area contributed by atoms with E-state index in [-0.39, 0.29) is 5.82 Å². The van der Waals surface area contributed by atoms with Gasteiger partial charge in [-0.25, -0.2) is 4.98 Å². The number of para-hydroxylation sites is 1. The van der Waals surface area contributed by atoms with Crippen molar-refractivity contribution in [3.63, 3.8) is 0 Å². The lowest BCUT2D eigenvalue weighted by Crippen LogP contribution is -2.20. The first-order valence-corrected chi connectivity index (χ1v) is 8.37. The molecule has 0 spiro atoms. The van der Waals surface area contributed by atoms with Gasteiger partial charge in [0.25, 0.3) is 0 Å². The number of nitrogens with one attached hydrogen (secondary N) is 1. The van der Waals surface area contributed by atoms with Crippen LogP contribution in [0.25, 0.3) is 5.65 Å². The lowest BCUT2D eigenvalue weighted by molar-refractivity contribution is -0.385. The van der Waals surface area contributed by atoms with Crippen LogP contribution in [0.15, 0.2) is 83.8 Å². The quantitative estimate of drug-likeness (QED) is 0.416. The summed E-state index contributed by atoms with van der Waals surface area (Å²) in [6, 6.07) is 21.0. The number of aromatic nitrogens is 2. The molecule has 0 unspecified atom stereocenters. The molecule has 0 radical (unpaired) electrons. The third-order valence-corrected chi connectivity index (χ3v) is 3.99. The number of hydrogen-bond acceptors (Lipinski definition) is 6. The van der Waals surface area contributed by atoms with Crippen LogP contribution in [0.5, 0.6) is 11.5 Å². The molecule has 28 heavy (non-hydrogen) atoms. The second kappa shape index (κ2) is 7.20. The van der Waals surface area contributed by atoms with E-state index < -0.39 is 16.2 Å². The van der Waals surface area contributed by atoms with Gasteiger partial charge < -0.3 is 10.1 Å². The molecule has 0 saturated carbocycles. The summed E-state index contributed by atoms with van der Waals surface area (Å²) in [4.78, 5) is 27.4. The maximum Gasteiger partial charge on any atom is 0.376 e. The van der Waals surface area contributed by atoms with Crippen molar-refractivity contribution in [2.75, 3.05) is 5.32 Å². The minimum absolute atomic E-state index is 0.113.